The maximum atomic E-state index is 11.6. The van der Waals surface area contributed by atoms with Gasteiger partial charge in [-0.25, -0.2) is 9.59 Å². The van der Waals surface area contributed by atoms with Gasteiger partial charge in [0.15, 0.2) is 0 Å². The van der Waals surface area contributed by atoms with Gasteiger partial charge in [0, 0.05) is 66.6 Å². The number of Topliss-reactive ketones (excluding diaryl/α,β-unsaturated/α-hetero) is 1. The van der Waals surface area contributed by atoms with E-state index in [-0.39, 0.29) is 53.7 Å². The molecule has 17 heteroatoms. The molecule has 61 heavy (non-hydrogen) atoms. The molecule has 2 heterocycles. The van der Waals surface area contributed by atoms with Crippen LogP contribution in [-0.4, -0.2) is 65.4 Å². The smallest absolute Gasteiger partial charge is 0.407 e. The van der Waals surface area contributed by atoms with Crippen LogP contribution in [0.2, 0.25) is 0 Å². The zero-order chi connectivity index (χ0) is 46.2. The lowest BCUT2D eigenvalue weighted by atomic mass is 9.77. The van der Waals surface area contributed by atoms with Crippen molar-refractivity contribution >= 4 is 35.5 Å². The van der Waals surface area contributed by atoms with Gasteiger partial charge in [0.25, 0.3) is 5.69 Å². The summed E-state index contributed by atoms with van der Waals surface area (Å²) in [7, 11) is 2.89. The number of rotatable bonds is 9. The third-order valence-electron chi connectivity index (χ3n) is 9.41. The average molecular weight is 848 g/mol. The fourth-order valence-corrected chi connectivity index (χ4v) is 6.84. The van der Waals surface area contributed by atoms with Crippen LogP contribution in [0.3, 0.4) is 0 Å². The van der Waals surface area contributed by atoms with Crippen molar-refractivity contribution in [3.05, 3.63) is 119 Å². The highest BCUT2D eigenvalue weighted by atomic mass is 16.6. The maximum absolute atomic E-state index is 11.6. The van der Waals surface area contributed by atoms with Crippen LogP contribution in [0, 0.1) is 47.9 Å². The molecule has 5 rings (SSSR count). The van der Waals surface area contributed by atoms with Gasteiger partial charge >= 0.3 is 24.0 Å². The van der Waals surface area contributed by atoms with Crippen molar-refractivity contribution in [2.24, 2.45) is 4.99 Å². The third kappa shape index (κ3) is 15.8. The van der Waals surface area contributed by atoms with Crippen LogP contribution < -0.4 is 15.4 Å². The van der Waals surface area contributed by atoms with Crippen LogP contribution in [0.1, 0.15) is 99.2 Å². The summed E-state index contributed by atoms with van der Waals surface area (Å²) in [6, 6.07) is 13.7. The number of nitro groups is 2. The minimum absolute atomic E-state index is 0.0127. The second-order valence-electron chi connectivity index (χ2n) is 15.8. The lowest BCUT2D eigenvalue weighted by Gasteiger charge is -2.32. The first-order valence-corrected chi connectivity index (χ1v) is 19.4. The van der Waals surface area contributed by atoms with E-state index in [4.69, 9.17) is 9.47 Å². The molecule has 0 aliphatic carbocycles. The Kier molecular flexibility index (Phi) is 18.7. The topological polar surface area (TPSA) is 239 Å². The van der Waals surface area contributed by atoms with Gasteiger partial charge < -0.3 is 40.1 Å². The number of hydrogen-bond acceptors (Lipinski definition) is 13. The number of aromatic hydroxyl groups is 1. The van der Waals surface area contributed by atoms with E-state index in [2.05, 4.69) is 47.2 Å². The molecule has 0 fully saturated rings. The lowest BCUT2D eigenvalue weighted by molar-refractivity contribution is -0.384. The summed E-state index contributed by atoms with van der Waals surface area (Å²) in [6.07, 6.45) is 1.86. The Morgan fingerprint density at radius 3 is 1.95 bits per heavy atom. The Hall–Kier alpha value is -6.65. The van der Waals surface area contributed by atoms with Crippen LogP contribution >= 0.6 is 0 Å². The zero-order valence-corrected chi connectivity index (χ0v) is 36.7. The third-order valence-corrected chi connectivity index (χ3v) is 9.41. The monoisotopic (exact) mass is 847 g/mol. The molecule has 3 N–H and O–H groups in total. The summed E-state index contributed by atoms with van der Waals surface area (Å²) >= 11 is 0. The van der Waals surface area contributed by atoms with Crippen LogP contribution in [0.25, 0.3) is 0 Å². The van der Waals surface area contributed by atoms with E-state index in [1.807, 2.05) is 53.7 Å². The van der Waals surface area contributed by atoms with E-state index < -0.39 is 22.0 Å². The Morgan fingerprint density at radius 1 is 0.885 bits per heavy atom. The number of amides is 2. The van der Waals surface area contributed by atoms with Gasteiger partial charge in [-0.1, -0.05) is 51.7 Å². The molecule has 2 aliphatic rings. The summed E-state index contributed by atoms with van der Waals surface area (Å²) in [4.78, 5) is 67.5. The first-order chi connectivity index (χ1) is 28.4. The number of hydrogen-bond donors (Lipinski definition) is 3. The number of fused-ring (bicyclic) bond motifs is 1. The molecule has 0 aromatic heterocycles. The molecular weight excluding hydrogens is 791 g/mol. The highest BCUT2D eigenvalue weighted by molar-refractivity contribution is 5.81. The molecule has 0 unspecified atom stereocenters. The number of amidine groups is 1. The number of carbonyl (C=O) groups is 4. The van der Waals surface area contributed by atoms with Crippen molar-refractivity contribution in [1.82, 2.24) is 10.6 Å². The van der Waals surface area contributed by atoms with Gasteiger partial charge in [-0.3, -0.25) is 19.7 Å². The zero-order valence-electron chi connectivity index (χ0n) is 36.7. The molecule has 0 spiro atoms. The molecule has 0 bridgehead atoms. The molecule has 0 atom stereocenters. The van der Waals surface area contributed by atoms with E-state index in [9.17, 15) is 44.5 Å². The van der Waals surface area contributed by atoms with Gasteiger partial charge in [-0.2, -0.15) is 0 Å². The summed E-state index contributed by atoms with van der Waals surface area (Å²) in [5.41, 5.74) is 7.41. The molecule has 0 radical (unpaired) electrons. The Labute approximate surface area is 355 Å². The Morgan fingerprint density at radius 2 is 1.44 bits per heavy atom. The van der Waals surface area contributed by atoms with Crippen LogP contribution in [0.4, 0.5) is 15.3 Å². The Bertz CT molecular complexity index is 2130. The van der Waals surface area contributed by atoms with Crippen molar-refractivity contribution in [2.45, 2.75) is 105 Å². The fraction of sp³-hybridized carbons (Fsp3) is 0.432. The van der Waals surface area contributed by atoms with Gasteiger partial charge in [-0.15, -0.1) is 0 Å². The van der Waals surface area contributed by atoms with Crippen molar-refractivity contribution < 1.29 is 48.3 Å². The van der Waals surface area contributed by atoms with Crippen LogP contribution in [0.15, 0.2) is 65.3 Å². The first kappa shape index (κ1) is 50.5. The van der Waals surface area contributed by atoms with E-state index in [1.165, 1.54) is 43.6 Å². The normalized spacial score (nSPS) is 13.3. The number of alkyl carbamates (subject to hydrolysis) is 2. The standard InChI is InChI=1S/C15H22O2.C13H16O2.C9H10N2O4.C7H9N3O4/c1-6-12(16)9-15(4,5)14-11(3)7-10(2)8-13(14)17;1-8-5-9(2)12-10(6-8)15-11(14)7-13(12,3)4;1-10-9(12)15-6-7-2-4-8(5-3-7)11(13)14;1-8-7(11)14-4-5-2-6(9-3-5)10(12)13/h7-8,17H,6,9H2,1-5H3;5-6H,7H2,1-4H3;2-5H,6H2,1H3,(H,10,12);3H,2,4H2,1H3,(H,8,11). The number of carbonyl (C=O) groups excluding carboxylic acids is 4. The van der Waals surface area contributed by atoms with Crippen molar-refractivity contribution in [1.29, 1.82) is 0 Å². The minimum Gasteiger partial charge on any atom is -0.508 e. The van der Waals surface area contributed by atoms with E-state index in [1.54, 1.807) is 18.2 Å². The fourth-order valence-electron chi connectivity index (χ4n) is 6.84. The van der Waals surface area contributed by atoms with E-state index in [0.717, 1.165) is 28.0 Å². The van der Waals surface area contributed by atoms with Crippen LogP contribution in [0.5, 0.6) is 11.5 Å². The number of nitrogens with one attached hydrogen (secondary N) is 2. The predicted octanol–water partition coefficient (Wildman–Crippen LogP) is 8.30. The number of aliphatic imine (C=N–C) groups is 1. The molecule has 3 aromatic carbocycles. The summed E-state index contributed by atoms with van der Waals surface area (Å²) in [5.74, 6) is 1.03. The summed E-state index contributed by atoms with van der Waals surface area (Å²) in [5, 5.41) is 35.2. The summed E-state index contributed by atoms with van der Waals surface area (Å²) < 4.78 is 14.7. The van der Waals surface area contributed by atoms with Gasteiger partial charge in [0.1, 0.15) is 36.7 Å². The maximum Gasteiger partial charge on any atom is 0.407 e. The van der Waals surface area contributed by atoms with Crippen molar-refractivity contribution in [3.63, 3.8) is 0 Å². The molecule has 2 amide bonds. The van der Waals surface area contributed by atoms with Crippen LogP contribution in [-0.2, 0) is 36.5 Å². The van der Waals surface area contributed by atoms with E-state index in [0.29, 0.717) is 36.1 Å². The number of phenolic OH excluding ortho intramolecular Hbond substituents is 1. The second kappa shape index (κ2) is 22.6. The number of aryl methyl sites for hydroxylation is 4. The molecule has 3 aromatic rings. The number of ketones is 1. The van der Waals surface area contributed by atoms with Gasteiger partial charge in [0.05, 0.1) is 17.8 Å². The number of nitro benzene ring substituents is 1. The van der Waals surface area contributed by atoms with Crippen molar-refractivity contribution in [3.8, 4) is 11.5 Å². The number of ether oxygens (including phenoxy) is 3. The molecule has 0 saturated carbocycles. The Balaban J connectivity index is 0.000000281. The van der Waals surface area contributed by atoms with Gasteiger partial charge in [0.2, 0.25) is 0 Å². The predicted molar refractivity (Wildman–Crippen MR) is 230 cm³/mol. The molecule has 2 aliphatic heterocycles. The quantitative estimate of drug-likeness (QED) is 0.0798. The molecule has 17 nitrogen and oxygen atoms in total. The van der Waals surface area contributed by atoms with Crippen molar-refractivity contribution in [2.75, 3.05) is 20.7 Å². The molecular formula is C44H57N5O12. The number of benzene rings is 3. The number of nitrogens with zero attached hydrogens (tertiary/aromatic N) is 3. The van der Waals surface area contributed by atoms with Gasteiger partial charge in [-0.05, 0) is 84.7 Å². The highest BCUT2D eigenvalue weighted by Gasteiger charge is 2.35. The summed E-state index contributed by atoms with van der Waals surface area (Å²) in [6.45, 7) is 18.2. The molecule has 330 valence electrons. The molecule has 0 saturated heterocycles. The van der Waals surface area contributed by atoms with E-state index >= 15 is 0 Å². The highest BCUT2D eigenvalue weighted by Crippen LogP contribution is 2.41. The number of esters is 1. The largest absolute Gasteiger partial charge is 0.508 e. The number of phenols is 1. The SMILES string of the molecule is CCC(=O)CC(C)(C)c1c(C)cc(C)cc1O.CNC(=O)OCC1=CN=C([N+](=O)[O-])C1.CNC(=O)OCc1ccc([N+](=O)[O-])cc1.Cc1cc(C)c2c(c1)OC(=O)CC2(C)C. The first-order valence-electron chi connectivity index (χ1n) is 19.4. The second-order valence-corrected chi connectivity index (χ2v) is 15.8. The number of non-ortho nitro benzene ring substituents is 1. The average Bonchev–Trinajstić information content (AvgIpc) is 3.65. The minimum atomic E-state index is -0.569. The lowest BCUT2D eigenvalue weighted by Crippen LogP contribution is -2.31.